The van der Waals surface area contributed by atoms with E-state index in [1.165, 1.54) is 4.57 Å². The standard InChI is InChI=1S/C14H22N2O3/c1-4-10-12(17)15-14(19)16(13(10)18)11-7-5-6-8(2)9(11)3/h8-9,11,18H,4-7H2,1-3H3,(H,15,17,19). The molecule has 0 radical (unpaired) electrons. The molecule has 0 aromatic carbocycles. The number of H-pyrrole nitrogens is 1. The van der Waals surface area contributed by atoms with E-state index in [1.807, 2.05) is 0 Å². The fourth-order valence-electron chi connectivity index (χ4n) is 3.12. The van der Waals surface area contributed by atoms with Gasteiger partial charge in [-0.15, -0.1) is 0 Å². The van der Waals surface area contributed by atoms with Crippen molar-refractivity contribution in [1.29, 1.82) is 0 Å². The molecule has 5 nitrogen and oxygen atoms in total. The smallest absolute Gasteiger partial charge is 0.331 e. The zero-order valence-corrected chi connectivity index (χ0v) is 11.8. The van der Waals surface area contributed by atoms with E-state index < -0.39 is 11.2 Å². The molecular formula is C14H22N2O3. The maximum Gasteiger partial charge on any atom is 0.331 e. The second-order valence-electron chi connectivity index (χ2n) is 5.62. The van der Waals surface area contributed by atoms with Crippen molar-refractivity contribution >= 4 is 0 Å². The molecule has 1 aliphatic carbocycles. The SMILES string of the molecule is CCc1c(O)n(C2CCCC(C)C2C)c(=O)[nH]c1=O. The first-order valence-electron chi connectivity index (χ1n) is 7.04. The molecule has 1 fully saturated rings. The lowest BCUT2D eigenvalue weighted by atomic mass is 9.78. The summed E-state index contributed by atoms with van der Waals surface area (Å²) in [5, 5.41) is 10.2. The maximum absolute atomic E-state index is 12.0. The highest BCUT2D eigenvalue weighted by Crippen LogP contribution is 2.38. The average Bonchev–Trinajstić information content (AvgIpc) is 2.34. The number of aromatic nitrogens is 2. The Morgan fingerprint density at radius 2 is 2.00 bits per heavy atom. The largest absolute Gasteiger partial charge is 0.494 e. The molecule has 0 spiro atoms. The van der Waals surface area contributed by atoms with E-state index in [1.54, 1.807) is 6.92 Å². The van der Waals surface area contributed by atoms with Crippen molar-refractivity contribution < 1.29 is 5.11 Å². The van der Waals surface area contributed by atoms with Gasteiger partial charge in [-0.25, -0.2) is 4.79 Å². The molecule has 1 aliphatic rings. The molecule has 3 atom stereocenters. The van der Waals surface area contributed by atoms with Crippen LogP contribution in [0.2, 0.25) is 0 Å². The first kappa shape index (κ1) is 13.9. The summed E-state index contributed by atoms with van der Waals surface area (Å²) in [5.41, 5.74) is -0.673. The highest BCUT2D eigenvalue weighted by Gasteiger charge is 2.31. The molecule has 0 amide bonds. The Morgan fingerprint density at radius 1 is 1.32 bits per heavy atom. The van der Waals surface area contributed by atoms with Crippen molar-refractivity contribution in [3.63, 3.8) is 0 Å². The van der Waals surface area contributed by atoms with E-state index >= 15 is 0 Å². The third kappa shape index (κ3) is 2.33. The van der Waals surface area contributed by atoms with E-state index in [2.05, 4.69) is 18.8 Å². The lowest BCUT2D eigenvalue weighted by Gasteiger charge is -2.35. The molecule has 1 aromatic rings. The number of nitrogens with one attached hydrogen (secondary N) is 1. The van der Waals surface area contributed by atoms with Gasteiger partial charge in [-0.3, -0.25) is 14.3 Å². The Labute approximate surface area is 112 Å². The van der Waals surface area contributed by atoms with Crippen LogP contribution in [0.1, 0.15) is 51.6 Å². The molecule has 106 valence electrons. The van der Waals surface area contributed by atoms with Gasteiger partial charge in [0.25, 0.3) is 5.56 Å². The first-order valence-corrected chi connectivity index (χ1v) is 7.04. The Kier molecular flexibility index (Phi) is 3.83. The maximum atomic E-state index is 12.0. The van der Waals surface area contributed by atoms with Gasteiger partial charge in [0, 0.05) is 6.04 Å². The van der Waals surface area contributed by atoms with Crippen LogP contribution in [0.3, 0.4) is 0 Å². The van der Waals surface area contributed by atoms with Crippen LogP contribution in [0.5, 0.6) is 5.88 Å². The van der Waals surface area contributed by atoms with Gasteiger partial charge in [-0.05, 0) is 24.7 Å². The van der Waals surface area contributed by atoms with Crippen molar-refractivity contribution in [2.45, 2.75) is 52.5 Å². The zero-order chi connectivity index (χ0) is 14.2. The lowest BCUT2D eigenvalue weighted by molar-refractivity contribution is 0.169. The van der Waals surface area contributed by atoms with E-state index in [-0.39, 0.29) is 11.9 Å². The minimum Gasteiger partial charge on any atom is -0.494 e. The summed E-state index contributed by atoms with van der Waals surface area (Å²) in [6.45, 7) is 6.08. The van der Waals surface area contributed by atoms with Crippen LogP contribution in [-0.2, 0) is 6.42 Å². The molecule has 5 heteroatoms. The average molecular weight is 266 g/mol. The van der Waals surface area contributed by atoms with Crippen LogP contribution in [0, 0.1) is 11.8 Å². The normalized spacial score (nSPS) is 27.4. The van der Waals surface area contributed by atoms with Crippen LogP contribution in [0.4, 0.5) is 0 Å². The van der Waals surface area contributed by atoms with E-state index in [4.69, 9.17) is 0 Å². The minimum atomic E-state index is -0.495. The molecule has 19 heavy (non-hydrogen) atoms. The van der Waals surface area contributed by atoms with Crippen molar-refractivity contribution in [3.8, 4) is 5.88 Å². The zero-order valence-electron chi connectivity index (χ0n) is 11.8. The van der Waals surface area contributed by atoms with Crippen LogP contribution in [-0.4, -0.2) is 14.7 Å². The van der Waals surface area contributed by atoms with Crippen LogP contribution < -0.4 is 11.2 Å². The van der Waals surface area contributed by atoms with Gasteiger partial charge in [-0.2, -0.15) is 0 Å². The molecule has 0 bridgehead atoms. The van der Waals surface area contributed by atoms with Gasteiger partial charge in [-0.1, -0.05) is 33.6 Å². The van der Waals surface area contributed by atoms with E-state index in [0.717, 1.165) is 19.3 Å². The van der Waals surface area contributed by atoms with Gasteiger partial charge < -0.3 is 5.11 Å². The molecule has 0 saturated heterocycles. The van der Waals surface area contributed by atoms with E-state index in [0.29, 0.717) is 23.8 Å². The highest BCUT2D eigenvalue weighted by molar-refractivity contribution is 5.23. The summed E-state index contributed by atoms with van der Waals surface area (Å²) in [4.78, 5) is 26.0. The van der Waals surface area contributed by atoms with Crippen molar-refractivity contribution in [3.05, 3.63) is 26.4 Å². The third-order valence-corrected chi connectivity index (χ3v) is 4.56. The quantitative estimate of drug-likeness (QED) is 0.857. The van der Waals surface area contributed by atoms with Crippen LogP contribution in [0.15, 0.2) is 9.59 Å². The van der Waals surface area contributed by atoms with Gasteiger partial charge in [0.15, 0.2) is 0 Å². The predicted molar refractivity (Wildman–Crippen MR) is 73.6 cm³/mol. The minimum absolute atomic E-state index is 0.0293. The molecule has 1 heterocycles. The molecule has 2 N–H and O–H groups in total. The number of aromatic hydroxyl groups is 1. The van der Waals surface area contributed by atoms with Crippen molar-refractivity contribution in [2.24, 2.45) is 11.8 Å². The number of aromatic amines is 1. The fraction of sp³-hybridized carbons (Fsp3) is 0.714. The summed E-state index contributed by atoms with van der Waals surface area (Å²) in [6.07, 6.45) is 3.48. The summed E-state index contributed by atoms with van der Waals surface area (Å²) >= 11 is 0. The number of rotatable bonds is 2. The summed E-state index contributed by atoms with van der Waals surface area (Å²) < 4.78 is 1.39. The predicted octanol–water partition coefficient (Wildman–Crippen LogP) is 1.80. The number of nitrogens with zero attached hydrogens (tertiary/aromatic N) is 1. The van der Waals surface area contributed by atoms with Crippen LogP contribution in [0.25, 0.3) is 0 Å². The van der Waals surface area contributed by atoms with Gasteiger partial charge in [0.05, 0.1) is 5.56 Å². The summed E-state index contributed by atoms with van der Waals surface area (Å²) in [6, 6.07) is -0.0293. The number of hydrogen-bond donors (Lipinski definition) is 2. The second-order valence-corrected chi connectivity index (χ2v) is 5.62. The van der Waals surface area contributed by atoms with Gasteiger partial charge >= 0.3 is 5.69 Å². The summed E-state index contributed by atoms with van der Waals surface area (Å²) in [5.74, 6) is 0.678. The van der Waals surface area contributed by atoms with Crippen LogP contribution >= 0.6 is 0 Å². The van der Waals surface area contributed by atoms with Gasteiger partial charge in [0.1, 0.15) is 0 Å². The molecular weight excluding hydrogens is 244 g/mol. The lowest BCUT2D eigenvalue weighted by Crippen LogP contribution is -2.38. The fourth-order valence-corrected chi connectivity index (χ4v) is 3.12. The Morgan fingerprint density at radius 3 is 2.63 bits per heavy atom. The summed E-state index contributed by atoms with van der Waals surface area (Å²) in [7, 11) is 0. The third-order valence-electron chi connectivity index (χ3n) is 4.56. The topological polar surface area (TPSA) is 75.1 Å². The number of hydrogen-bond acceptors (Lipinski definition) is 3. The first-order chi connectivity index (χ1) is 8.97. The van der Waals surface area contributed by atoms with Gasteiger partial charge in [0.2, 0.25) is 5.88 Å². The monoisotopic (exact) mass is 266 g/mol. The molecule has 3 unspecified atom stereocenters. The molecule has 0 aliphatic heterocycles. The Bertz CT molecular complexity index is 573. The second kappa shape index (κ2) is 5.23. The van der Waals surface area contributed by atoms with Crippen molar-refractivity contribution in [2.75, 3.05) is 0 Å². The highest BCUT2D eigenvalue weighted by atomic mass is 16.3. The molecule has 1 saturated carbocycles. The Balaban J connectivity index is 2.56. The molecule has 2 rings (SSSR count). The van der Waals surface area contributed by atoms with E-state index in [9.17, 15) is 14.7 Å². The molecule has 1 aromatic heterocycles. The van der Waals surface area contributed by atoms with Crippen molar-refractivity contribution in [1.82, 2.24) is 9.55 Å². The Hall–Kier alpha value is -1.52.